The molecule has 0 bridgehead atoms. The molecule has 0 aliphatic carbocycles. The van der Waals surface area contributed by atoms with E-state index in [0.717, 1.165) is 4.88 Å². The van der Waals surface area contributed by atoms with E-state index in [0.29, 0.717) is 5.57 Å². The van der Waals surface area contributed by atoms with Crippen molar-refractivity contribution >= 4 is 23.3 Å². The lowest BCUT2D eigenvalue weighted by molar-refractivity contribution is -0.172. The van der Waals surface area contributed by atoms with Crippen molar-refractivity contribution in [3.05, 3.63) is 34.5 Å². The third kappa shape index (κ3) is 2.25. The van der Waals surface area contributed by atoms with Gasteiger partial charge in [0.1, 0.15) is 0 Å². The van der Waals surface area contributed by atoms with Gasteiger partial charge in [-0.3, -0.25) is 9.59 Å². The molecule has 0 saturated carbocycles. The fourth-order valence-electron chi connectivity index (χ4n) is 2.35. The van der Waals surface area contributed by atoms with Gasteiger partial charge in [-0.05, 0) is 17.0 Å². The minimum Gasteiger partial charge on any atom is -0.468 e. The Kier molecular flexibility index (Phi) is 4.25. The summed E-state index contributed by atoms with van der Waals surface area (Å²) in [4.78, 5) is 25.3. The summed E-state index contributed by atoms with van der Waals surface area (Å²) in [6, 6.07) is 3.80. The largest absolute Gasteiger partial charge is 0.468 e. The lowest BCUT2D eigenvalue weighted by atomic mass is 9.74. The molecule has 2 rings (SSSR count). The Labute approximate surface area is 121 Å². The zero-order chi connectivity index (χ0) is 14.8. The van der Waals surface area contributed by atoms with Crippen LogP contribution in [-0.4, -0.2) is 32.8 Å². The SMILES string of the molecule is C=C1COC(c2cccs2)CC1(C(=O)OC)C(=O)OC. The predicted molar refractivity (Wildman–Crippen MR) is 73.2 cm³/mol. The van der Waals surface area contributed by atoms with Crippen LogP contribution in [0.2, 0.25) is 0 Å². The molecule has 1 aromatic rings. The van der Waals surface area contributed by atoms with E-state index in [4.69, 9.17) is 14.2 Å². The molecule has 0 radical (unpaired) electrons. The highest BCUT2D eigenvalue weighted by Crippen LogP contribution is 2.45. The predicted octanol–water partition coefficient (Wildman–Crippen LogP) is 2.10. The number of thiophene rings is 1. The summed E-state index contributed by atoms with van der Waals surface area (Å²) in [5.41, 5.74) is -1.12. The standard InChI is InChI=1S/C14H16O5S/c1-9-8-19-10(11-5-4-6-20-11)7-14(9,12(15)17-2)13(16)18-3/h4-6,10H,1,7-8H2,2-3H3. The molecule has 0 aromatic carbocycles. The van der Waals surface area contributed by atoms with Gasteiger partial charge in [0.15, 0.2) is 5.41 Å². The first-order valence-corrected chi connectivity index (χ1v) is 6.94. The van der Waals surface area contributed by atoms with Crippen molar-refractivity contribution in [3.63, 3.8) is 0 Å². The highest BCUT2D eigenvalue weighted by atomic mass is 32.1. The Morgan fingerprint density at radius 1 is 1.40 bits per heavy atom. The van der Waals surface area contributed by atoms with E-state index < -0.39 is 17.4 Å². The topological polar surface area (TPSA) is 61.8 Å². The van der Waals surface area contributed by atoms with Gasteiger partial charge in [0.25, 0.3) is 0 Å². The maximum absolute atomic E-state index is 12.2. The number of carbonyl (C=O) groups excluding carboxylic acids is 2. The van der Waals surface area contributed by atoms with Crippen LogP contribution in [0.1, 0.15) is 17.4 Å². The van der Waals surface area contributed by atoms with E-state index in [9.17, 15) is 9.59 Å². The first kappa shape index (κ1) is 14.7. The number of hydrogen-bond acceptors (Lipinski definition) is 6. The maximum Gasteiger partial charge on any atom is 0.327 e. The second kappa shape index (κ2) is 5.76. The quantitative estimate of drug-likeness (QED) is 0.485. The number of rotatable bonds is 3. The molecule has 108 valence electrons. The number of hydrogen-bond donors (Lipinski definition) is 0. The van der Waals surface area contributed by atoms with Crippen molar-refractivity contribution in [2.45, 2.75) is 12.5 Å². The van der Waals surface area contributed by atoms with Crippen LogP contribution in [0.3, 0.4) is 0 Å². The molecule has 0 spiro atoms. The molecule has 0 amide bonds. The van der Waals surface area contributed by atoms with Crippen molar-refractivity contribution in [2.24, 2.45) is 5.41 Å². The van der Waals surface area contributed by atoms with Gasteiger partial charge in [0, 0.05) is 11.3 Å². The summed E-state index contributed by atoms with van der Waals surface area (Å²) in [5, 5.41) is 1.92. The van der Waals surface area contributed by atoms with Gasteiger partial charge in [-0.25, -0.2) is 0 Å². The van der Waals surface area contributed by atoms with Crippen LogP contribution in [-0.2, 0) is 23.8 Å². The summed E-state index contributed by atoms with van der Waals surface area (Å²) in [6.45, 7) is 3.92. The number of methoxy groups -OCH3 is 2. The maximum atomic E-state index is 12.2. The van der Waals surface area contributed by atoms with Gasteiger partial charge >= 0.3 is 11.9 Å². The lowest BCUT2D eigenvalue weighted by Gasteiger charge is -2.37. The lowest BCUT2D eigenvalue weighted by Crippen LogP contribution is -2.47. The molecule has 6 heteroatoms. The van der Waals surface area contributed by atoms with Crippen LogP contribution in [0.25, 0.3) is 0 Å². The summed E-state index contributed by atoms with van der Waals surface area (Å²) in [6.07, 6.45) is -0.204. The molecular formula is C14H16O5S. The molecule has 1 aliphatic rings. The Morgan fingerprint density at radius 2 is 2.05 bits per heavy atom. The molecule has 1 saturated heterocycles. The van der Waals surface area contributed by atoms with Crippen molar-refractivity contribution < 1.29 is 23.8 Å². The van der Waals surface area contributed by atoms with E-state index in [2.05, 4.69) is 6.58 Å². The van der Waals surface area contributed by atoms with Crippen molar-refractivity contribution in [1.82, 2.24) is 0 Å². The smallest absolute Gasteiger partial charge is 0.327 e. The first-order chi connectivity index (χ1) is 9.56. The Hall–Kier alpha value is -1.66. The van der Waals surface area contributed by atoms with Crippen LogP contribution in [0, 0.1) is 5.41 Å². The zero-order valence-electron chi connectivity index (χ0n) is 11.4. The average molecular weight is 296 g/mol. The van der Waals surface area contributed by atoms with Gasteiger partial charge in [0.05, 0.1) is 26.9 Å². The third-order valence-electron chi connectivity index (χ3n) is 3.48. The summed E-state index contributed by atoms with van der Waals surface area (Å²) in [5.74, 6) is -1.31. The summed E-state index contributed by atoms with van der Waals surface area (Å²) >= 11 is 1.51. The van der Waals surface area contributed by atoms with Crippen LogP contribution >= 0.6 is 11.3 Å². The van der Waals surface area contributed by atoms with Crippen LogP contribution in [0.4, 0.5) is 0 Å². The van der Waals surface area contributed by atoms with E-state index in [1.165, 1.54) is 25.6 Å². The van der Waals surface area contributed by atoms with E-state index in [1.807, 2.05) is 17.5 Å². The third-order valence-corrected chi connectivity index (χ3v) is 4.45. The van der Waals surface area contributed by atoms with Crippen molar-refractivity contribution in [2.75, 3.05) is 20.8 Å². The second-order valence-corrected chi connectivity index (χ2v) is 5.49. The van der Waals surface area contributed by atoms with Gasteiger partial charge in [0.2, 0.25) is 0 Å². The average Bonchev–Trinajstić information content (AvgIpc) is 3.00. The zero-order valence-corrected chi connectivity index (χ0v) is 12.2. The number of carbonyl (C=O) groups is 2. The minimum absolute atomic E-state index is 0.118. The summed E-state index contributed by atoms with van der Waals surface area (Å²) in [7, 11) is 2.49. The molecule has 20 heavy (non-hydrogen) atoms. The van der Waals surface area contributed by atoms with E-state index in [1.54, 1.807) is 0 Å². The Balaban J connectivity index is 2.39. The van der Waals surface area contributed by atoms with Crippen molar-refractivity contribution in [3.8, 4) is 0 Å². The van der Waals surface area contributed by atoms with Crippen LogP contribution in [0.15, 0.2) is 29.7 Å². The molecule has 0 N–H and O–H groups in total. The Morgan fingerprint density at radius 3 is 2.55 bits per heavy atom. The normalized spacial score (nSPS) is 21.3. The fourth-order valence-corrected chi connectivity index (χ4v) is 3.12. The highest BCUT2D eigenvalue weighted by Gasteiger charge is 2.55. The molecule has 1 atom stereocenters. The van der Waals surface area contributed by atoms with Crippen LogP contribution < -0.4 is 0 Å². The molecular weight excluding hydrogens is 280 g/mol. The van der Waals surface area contributed by atoms with Gasteiger partial charge < -0.3 is 14.2 Å². The van der Waals surface area contributed by atoms with E-state index >= 15 is 0 Å². The Bertz CT molecular complexity index is 490. The molecule has 1 fully saturated rings. The molecule has 1 aliphatic heterocycles. The molecule has 1 unspecified atom stereocenters. The second-order valence-electron chi connectivity index (χ2n) is 4.51. The van der Waals surface area contributed by atoms with E-state index in [-0.39, 0.29) is 19.1 Å². The molecule has 5 nitrogen and oxygen atoms in total. The van der Waals surface area contributed by atoms with Gasteiger partial charge in [-0.1, -0.05) is 12.6 Å². The molecule has 2 heterocycles. The fraction of sp³-hybridized carbons (Fsp3) is 0.429. The number of esters is 2. The minimum atomic E-state index is -1.49. The first-order valence-electron chi connectivity index (χ1n) is 6.06. The van der Waals surface area contributed by atoms with Crippen LogP contribution in [0.5, 0.6) is 0 Å². The number of ether oxygens (including phenoxy) is 3. The molecule has 1 aromatic heterocycles. The van der Waals surface area contributed by atoms with Crippen molar-refractivity contribution in [1.29, 1.82) is 0 Å². The van der Waals surface area contributed by atoms with Gasteiger partial charge in [-0.15, -0.1) is 11.3 Å². The highest BCUT2D eigenvalue weighted by molar-refractivity contribution is 7.10. The monoisotopic (exact) mass is 296 g/mol. The summed E-state index contributed by atoms with van der Waals surface area (Å²) < 4.78 is 15.3. The van der Waals surface area contributed by atoms with Gasteiger partial charge in [-0.2, -0.15) is 0 Å².